The number of thiophene rings is 1. The number of ketones is 1. The number of nitrogens with zero attached hydrogens (tertiary/aromatic N) is 2. The summed E-state index contributed by atoms with van der Waals surface area (Å²) in [4.78, 5) is 31.6. The zero-order valence-electron chi connectivity index (χ0n) is 23.4. The maximum absolute atomic E-state index is 13.2. The number of pyridine rings is 1. The van der Waals surface area contributed by atoms with Gasteiger partial charge in [-0.1, -0.05) is 71.4 Å². The van der Waals surface area contributed by atoms with Crippen molar-refractivity contribution in [2.75, 3.05) is 5.32 Å². The third-order valence-electron chi connectivity index (χ3n) is 6.64. The summed E-state index contributed by atoms with van der Waals surface area (Å²) in [6, 6.07) is 30.2. The molecule has 1 N–H and O–H groups in total. The van der Waals surface area contributed by atoms with Crippen LogP contribution in [0.15, 0.2) is 107 Å². The van der Waals surface area contributed by atoms with Crippen LogP contribution in [0.2, 0.25) is 5.02 Å². The molecule has 0 bridgehead atoms. The Labute approximate surface area is 263 Å². The van der Waals surface area contributed by atoms with Crippen LogP contribution in [0.4, 0.5) is 5.69 Å². The van der Waals surface area contributed by atoms with E-state index in [1.54, 1.807) is 66.8 Å². The summed E-state index contributed by atoms with van der Waals surface area (Å²) >= 11 is 8.91. The monoisotopic (exact) mass is 619 g/mol. The van der Waals surface area contributed by atoms with Gasteiger partial charge in [0, 0.05) is 32.3 Å². The van der Waals surface area contributed by atoms with E-state index in [1.807, 2.05) is 66.9 Å². The quantitative estimate of drug-likeness (QED) is 0.101. The average Bonchev–Trinajstić information content (AvgIpc) is 3.54. The summed E-state index contributed by atoms with van der Waals surface area (Å²) in [7, 11) is 0. The first kappa shape index (κ1) is 30.0. The number of nitriles is 1. The molecule has 2 aromatic heterocycles. The summed E-state index contributed by atoms with van der Waals surface area (Å²) in [5.41, 5.74) is 5.77. The highest BCUT2D eigenvalue weighted by Gasteiger charge is 2.22. The fraction of sp³-hybridized carbons (Fsp3) is 0.0857. The van der Waals surface area contributed by atoms with Gasteiger partial charge in [-0.05, 0) is 85.5 Å². The Hall–Kier alpha value is -4.48. The van der Waals surface area contributed by atoms with E-state index >= 15 is 0 Å². The lowest BCUT2D eigenvalue weighted by atomic mass is 9.99. The van der Waals surface area contributed by atoms with E-state index in [2.05, 4.69) is 11.4 Å². The van der Waals surface area contributed by atoms with Gasteiger partial charge in [0.2, 0.25) is 5.91 Å². The standard InChI is InChI=1S/C35H26ClN3O2S2/c1-22-5-7-25(8-6-22)32-20-30(24-9-13-27(36)14-10-24)31(21-37)35(39-32)43-23(2)34(41)38-28-15-11-26(12-16-28)33(40)18-17-29-4-3-19-42-29/h3-20,23H,1-2H3,(H,38,41)/b18-17+/t23-/m1/s1. The number of carbonyl (C=O) groups is 2. The topological polar surface area (TPSA) is 82.9 Å². The molecule has 0 saturated carbocycles. The lowest BCUT2D eigenvalue weighted by Crippen LogP contribution is -2.22. The summed E-state index contributed by atoms with van der Waals surface area (Å²) in [6.07, 6.45) is 3.33. The van der Waals surface area contributed by atoms with Crippen molar-refractivity contribution in [2.45, 2.75) is 24.1 Å². The SMILES string of the molecule is Cc1ccc(-c2cc(-c3ccc(Cl)cc3)c(C#N)c(S[C@H](C)C(=O)Nc3ccc(C(=O)/C=C/c4cccs4)cc3)n2)cc1. The van der Waals surface area contributed by atoms with Gasteiger partial charge in [-0.25, -0.2) is 4.98 Å². The lowest BCUT2D eigenvalue weighted by Gasteiger charge is -2.16. The Morgan fingerprint density at radius 1 is 1.00 bits per heavy atom. The lowest BCUT2D eigenvalue weighted by molar-refractivity contribution is -0.115. The molecule has 2 heterocycles. The van der Waals surface area contributed by atoms with Gasteiger partial charge in [-0.3, -0.25) is 9.59 Å². The van der Waals surface area contributed by atoms with Gasteiger partial charge in [0.25, 0.3) is 0 Å². The molecule has 43 heavy (non-hydrogen) atoms. The second-order valence-corrected chi connectivity index (χ2v) is 12.5. The number of nitrogens with one attached hydrogen (secondary N) is 1. The van der Waals surface area contributed by atoms with E-state index in [-0.39, 0.29) is 11.7 Å². The molecule has 0 spiro atoms. The van der Waals surface area contributed by atoms with Crippen molar-refractivity contribution in [3.05, 3.63) is 129 Å². The largest absolute Gasteiger partial charge is 0.325 e. The molecule has 1 atom stereocenters. The molecule has 1 amide bonds. The van der Waals surface area contributed by atoms with E-state index in [0.717, 1.165) is 21.6 Å². The van der Waals surface area contributed by atoms with Crippen molar-refractivity contribution in [2.24, 2.45) is 0 Å². The van der Waals surface area contributed by atoms with Gasteiger partial charge in [0.1, 0.15) is 11.1 Å². The minimum Gasteiger partial charge on any atom is -0.325 e. The van der Waals surface area contributed by atoms with Crippen LogP contribution < -0.4 is 5.32 Å². The number of anilines is 1. The normalized spacial score (nSPS) is 11.7. The van der Waals surface area contributed by atoms with Crippen molar-refractivity contribution >= 4 is 58.2 Å². The zero-order valence-corrected chi connectivity index (χ0v) is 25.8. The first-order valence-corrected chi connectivity index (χ1v) is 15.6. The molecule has 0 aliphatic carbocycles. The zero-order chi connectivity index (χ0) is 30.3. The van der Waals surface area contributed by atoms with Crippen LogP contribution in [0.3, 0.4) is 0 Å². The highest BCUT2D eigenvalue weighted by atomic mass is 35.5. The van der Waals surface area contributed by atoms with Crippen LogP contribution in [0, 0.1) is 18.3 Å². The Morgan fingerprint density at radius 3 is 2.35 bits per heavy atom. The Morgan fingerprint density at radius 2 is 1.70 bits per heavy atom. The van der Waals surface area contributed by atoms with Crippen LogP contribution in [0.25, 0.3) is 28.5 Å². The van der Waals surface area contributed by atoms with E-state index in [1.165, 1.54) is 11.8 Å². The third kappa shape index (κ3) is 7.49. The number of amides is 1. The number of thioether (sulfide) groups is 1. The molecule has 0 radical (unpaired) electrons. The second kappa shape index (κ2) is 13.7. The van der Waals surface area contributed by atoms with E-state index in [0.29, 0.717) is 38.1 Å². The smallest absolute Gasteiger partial charge is 0.237 e. The predicted octanol–water partition coefficient (Wildman–Crippen LogP) is 9.33. The summed E-state index contributed by atoms with van der Waals surface area (Å²) in [5, 5.41) is 15.6. The number of allylic oxidation sites excluding steroid dienone is 1. The fourth-order valence-corrected chi connectivity index (χ4v) is 5.94. The van der Waals surface area contributed by atoms with Gasteiger partial charge < -0.3 is 5.32 Å². The first-order valence-electron chi connectivity index (χ1n) is 13.4. The number of aryl methyl sites for hydroxylation is 1. The van der Waals surface area contributed by atoms with Crippen LogP contribution in [-0.2, 0) is 4.79 Å². The second-order valence-electron chi connectivity index (χ2n) is 9.76. The number of rotatable bonds is 9. The molecule has 8 heteroatoms. The first-order chi connectivity index (χ1) is 20.8. The Balaban J connectivity index is 1.37. The van der Waals surface area contributed by atoms with Crippen molar-refractivity contribution < 1.29 is 9.59 Å². The van der Waals surface area contributed by atoms with Crippen LogP contribution in [0.1, 0.15) is 33.3 Å². The molecule has 0 fully saturated rings. The molecule has 0 unspecified atom stereocenters. The molecule has 0 aliphatic heterocycles. The Bertz CT molecular complexity index is 1830. The van der Waals surface area contributed by atoms with Gasteiger partial charge in [-0.2, -0.15) is 5.26 Å². The molecule has 5 nitrogen and oxygen atoms in total. The number of hydrogen-bond donors (Lipinski definition) is 1. The highest BCUT2D eigenvalue weighted by Crippen LogP contribution is 2.36. The van der Waals surface area contributed by atoms with Gasteiger partial charge >= 0.3 is 0 Å². The molecule has 3 aromatic carbocycles. The van der Waals surface area contributed by atoms with Crippen molar-refractivity contribution in [3.8, 4) is 28.5 Å². The molecule has 212 valence electrons. The molecule has 5 rings (SSSR count). The van der Waals surface area contributed by atoms with Gasteiger partial charge in [0.15, 0.2) is 5.78 Å². The van der Waals surface area contributed by atoms with Crippen LogP contribution >= 0.6 is 34.7 Å². The average molecular weight is 620 g/mol. The molecule has 0 saturated heterocycles. The summed E-state index contributed by atoms with van der Waals surface area (Å²) in [6.45, 7) is 3.79. The number of carbonyl (C=O) groups excluding carboxylic acids is 2. The number of hydrogen-bond acceptors (Lipinski definition) is 6. The minimum absolute atomic E-state index is 0.116. The fourth-order valence-electron chi connectivity index (χ4n) is 4.27. The summed E-state index contributed by atoms with van der Waals surface area (Å²) < 4.78 is 0. The summed E-state index contributed by atoms with van der Waals surface area (Å²) in [5.74, 6) is -0.364. The molecule has 0 aliphatic rings. The minimum atomic E-state index is -0.569. The van der Waals surface area contributed by atoms with Crippen molar-refractivity contribution in [1.29, 1.82) is 5.26 Å². The predicted molar refractivity (Wildman–Crippen MR) is 178 cm³/mol. The number of aromatic nitrogens is 1. The van der Waals surface area contributed by atoms with Gasteiger partial charge in [0.05, 0.1) is 16.5 Å². The van der Waals surface area contributed by atoms with E-state index in [4.69, 9.17) is 16.6 Å². The maximum atomic E-state index is 13.2. The Kier molecular flexibility index (Phi) is 9.53. The van der Waals surface area contributed by atoms with Crippen molar-refractivity contribution in [1.82, 2.24) is 4.98 Å². The number of benzene rings is 3. The van der Waals surface area contributed by atoms with E-state index < -0.39 is 5.25 Å². The molecular formula is C35H26ClN3O2S2. The van der Waals surface area contributed by atoms with Crippen molar-refractivity contribution in [3.63, 3.8) is 0 Å². The number of halogens is 1. The van der Waals surface area contributed by atoms with Crippen LogP contribution in [0.5, 0.6) is 0 Å². The molecule has 5 aromatic rings. The maximum Gasteiger partial charge on any atom is 0.237 e. The molecular weight excluding hydrogens is 594 g/mol. The van der Waals surface area contributed by atoms with Crippen LogP contribution in [-0.4, -0.2) is 21.9 Å². The highest BCUT2D eigenvalue weighted by molar-refractivity contribution is 8.00. The van der Waals surface area contributed by atoms with E-state index in [9.17, 15) is 14.9 Å². The van der Waals surface area contributed by atoms with Gasteiger partial charge in [-0.15, -0.1) is 11.3 Å². The third-order valence-corrected chi connectivity index (χ3v) is 8.81.